The van der Waals surface area contributed by atoms with Crippen molar-refractivity contribution in [3.63, 3.8) is 0 Å². The molecule has 0 saturated carbocycles. The number of carbonyl (C=O) groups excluding carboxylic acids is 1. The molecule has 1 unspecified atom stereocenters. The molecule has 1 amide bonds. The Balaban J connectivity index is 1.62. The molecule has 1 atom stereocenters. The molecule has 1 N–H and O–H groups in total. The summed E-state index contributed by atoms with van der Waals surface area (Å²) in [6, 6.07) is 25.6. The summed E-state index contributed by atoms with van der Waals surface area (Å²) < 4.78 is 16.3. The van der Waals surface area contributed by atoms with E-state index in [9.17, 15) is 9.18 Å². The summed E-state index contributed by atoms with van der Waals surface area (Å²) in [6.45, 7) is 2.28. The van der Waals surface area contributed by atoms with Crippen molar-refractivity contribution in [3.05, 3.63) is 96.3 Å². The molecule has 0 bridgehead atoms. The van der Waals surface area contributed by atoms with Gasteiger partial charge in [0.15, 0.2) is 11.0 Å². The monoisotopic (exact) mass is 432 g/mol. The van der Waals surface area contributed by atoms with Gasteiger partial charge in [-0.1, -0.05) is 72.4 Å². The Morgan fingerprint density at radius 3 is 2.32 bits per heavy atom. The number of nitrogens with one attached hydrogen (secondary N) is 1. The Labute approximate surface area is 184 Å². The molecule has 0 fully saturated rings. The minimum atomic E-state index is -0.424. The molecule has 3 aromatic carbocycles. The molecule has 4 rings (SSSR count). The minimum absolute atomic E-state index is 0.141. The van der Waals surface area contributed by atoms with Crippen molar-refractivity contribution in [2.75, 3.05) is 5.32 Å². The molecule has 0 aliphatic heterocycles. The number of nitrogens with zero attached hydrogens (tertiary/aromatic N) is 3. The molecule has 0 spiro atoms. The highest BCUT2D eigenvalue weighted by atomic mass is 32.2. The number of hydrogen-bond acceptors (Lipinski definition) is 4. The number of halogens is 1. The summed E-state index contributed by atoms with van der Waals surface area (Å²) >= 11 is 1.29. The summed E-state index contributed by atoms with van der Waals surface area (Å²) in [5.74, 6) is -0.0753. The van der Waals surface area contributed by atoms with Crippen molar-refractivity contribution in [3.8, 4) is 11.4 Å². The third kappa shape index (κ3) is 5.00. The van der Waals surface area contributed by atoms with E-state index in [-0.39, 0.29) is 11.7 Å². The van der Waals surface area contributed by atoms with Crippen LogP contribution in [0.15, 0.2) is 90.1 Å². The second kappa shape index (κ2) is 9.57. The van der Waals surface area contributed by atoms with Crippen LogP contribution < -0.4 is 5.32 Å². The lowest BCUT2D eigenvalue weighted by atomic mass is 10.2. The molecular weight excluding hydrogens is 411 g/mol. The van der Waals surface area contributed by atoms with Gasteiger partial charge in [-0.15, -0.1) is 10.2 Å². The van der Waals surface area contributed by atoms with Crippen molar-refractivity contribution in [1.29, 1.82) is 0 Å². The molecule has 31 heavy (non-hydrogen) atoms. The number of rotatable bonds is 7. The maximum atomic E-state index is 14.5. The van der Waals surface area contributed by atoms with E-state index in [0.717, 1.165) is 11.3 Å². The van der Waals surface area contributed by atoms with Gasteiger partial charge in [0.05, 0.1) is 17.4 Å². The first kappa shape index (κ1) is 20.8. The summed E-state index contributed by atoms with van der Waals surface area (Å²) in [6.07, 6.45) is 0. The van der Waals surface area contributed by atoms with Gasteiger partial charge in [0.2, 0.25) is 5.91 Å². The molecule has 0 saturated heterocycles. The molecule has 4 aromatic rings. The number of aromatic nitrogens is 3. The Kier molecular flexibility index (Phi) is 6.43. The third-order valence-corrected chi connectivity index (χ3v) is 5.79. The lowest BCUT2D eigenvalue weighted by Gasteiger charge is -2.14. The predicted molar refractivity (Wildman–Crippen MR) is 121 cm³/mol. The smallest absolute Gasteiger partial charge is 0.237 e. The van der Waals surface area contributed by atoms with E-state index in [4.69, 9.17) is 0 Å². The van der Waals surface area contributed by atoms with Crippen molar-refractivity contribution < 1.29 is 9.18 Å². The van der Waals surface area contributed by atoms with E-state index >= 15 is 0 Å². The van der Waals surface area contributed by atoms with Gasteiger partial charge < -0.3 is 5.32 Å². The van der Waals surface area contributed by atoms with Crippen LogP contribution in [-0.2, 0) is 11.3 Å². The zero-order chi connectivity index (χ0) is 21.6. The maximum Gasteiger partial charge on any atom is 0.237 e. The first-order valence-corrected chi connectivity index (χ1v) is 10.7. The van der Waals surface area contributed by atoms with Crippen LogP contribution in [-0.4, -0.2) is 25.9 Å². The first-order chi connectivity index (χ1) is 15.1. The molecule has 7 heteroatoms. The lowest BCUT2D eigenvalue weighted by Crippen LogP contribution is -2.23. The van der Waals surface area contributed by atoms with E-state index in [1.54, 1.807) is 18.2 Å². The van der Waals surface area contributed by atoms with Gasteiger partial charge in [0.1, 0.15) is 5.82 Å². The first-order valence-electron chi connectivity index (χ1n) is 9.86. The van der Waals surface area contributed by atoms with Crippen LogP contribution in [0.3, 0.4) is 0 Å². The van der Waals surface area contributed by atoms with E-state index in [1.165, 1.54) is 17.8 Å². The molecule has 0 aliphatic rings. The summed E-state index contributed by atoms with van der Waals surface area (Å²) in [7, 11) is 0. The van der Waals surface area contributed by atoms with Crippen LogP contribution in [0.25, 0.3) is 11.4 Å². The summed E-state index contributed by atoms with van der Waals surface area (Å²) in [4.78, 5) is 12.7. The van der Waals surface area contributed by atoms with E-state index in [0.29, 0.717) is 23.1 Å². The van der Waals surface area contributed by atoms with Crippen LogP contribution in [0, 0.1) is 5.82 Å². The fourth-order valence-corrected chi connectivity index (χ4v) is 3.95. The zero-order valence-electron chi connectivity index (χ0n) is 16.9. The Morgan fingerprint density at radius 1 is 0.968 bits per heavy atom. The minimum Gasteiger partial charge on any atom is -0.325 e. The van der Waals surface area contributed by atoms with Crippen LogP contribution in [0.5, 0.6) is 0 Å². The van der Waals surface area contributed by atoms with E-state index < -0.39 is 5.25 Å². The molecule has 156 valence electrons. The highest BCUT2D eigenvalue weighted by Crippen LogP contribution is 2.29. The highest BCUT2D eigenvalue weighted by molar-refractivity contribution is 8.00. The SMILES string of the molecule is CC(Sc1nnc(-c2ccccc2F)n1Cc1ccccc1)C(=O)Nc1ccccc1. The van der Waals surface area contributed by atoms with Gasteiger partial charge in [0.25, 0.3) is 0 Å². The molecule has 5 nitrogen and oxygen atoms in total. The van der Waals surface area contributed by atoms with Gasteiger partial charge in [-0.25, -0.2) is 4.39 Å². The number of para-hydroxylation sites is 1. The van der Waals surface area contributed by atoms with Crippen LogP contribution in [0.2, 0.25) is 0 Å². The number of amides is 1. The van der Waals surface area contributed by atoms with Crippen LogP contribution >= 0.6 is 11.8 Å². The number of anilines is 1. The largest absolute Gasteiger partial charge is 0.325 e. The molecular formula is C24H21FN4OS. The van der Waals surface area contributed by atoms with E-state index in [2.05, 4.69) is 15.5 Å². The number of hydrogen-bond donors (Lipinski definition) is 1. The summed E-state index contributed by atoms with van der Waals surface area (Å²) in [5.41, 5.74) is 2.14. The zero-order valence-corrected chi connectivity index (χ0v) is 17.7. The van der Waals surface area contributed by atoms with Crippen LogP contribution in [0.1, 0.15) is 12.5 Å². The van der Waals surface area contributed by atoms with Gasteiger partial charge >= 0.3 is 0 Å². The Morgan fingerprint density at radius 2 is 1.61 bits per heavy atom. The topological polar surface area (TPSA) is 59.8 Å². The van der Waals surface area contributed by atoms with Gasteiger partial charge in [-0.2, -0.15) is 0 Å². The third-order valence-electron chi connectivity index (χ3n) is 4.71. The standard InChI is InChI=1S/C24H21FN4OS/c1-17(23(30)26-19-12-6-3-7-13-19)31-24-28-27-22(20-14-8-9-15-21(20)25)29(24)16-18-10-4-2-5-11-18/h2-15,17H,16H2,1H3,(H,26,30). The van der Waals surface area contributed by atoms with Gasteiger partial charge in [-0.3, -0.25) is 9.36 Å². The van der Waals surface area contributed by atoms with Crippen molar-refractivity contribution in [2.24, 2.45) is 0 Å². The van der Waals surface area contributed by atoms with Crippen molar-refractivity contribution >= 4 is 23.4 Å². The van der Waals surface area contributed by atoms with Crippen molar-refractivity contribution in [2.45, 2.75) is 23.9 Å². The quantitative estimate of drug-likeness (QED) is 0.405. The average molecular weight is 433 g/mol. The molecule has 0 radical (unpaired) electrons. The lowest BCUT2D eigenvalue weighted by molar-refractivity contribution is -0.115. The summed E-state index contributed by atoms with van der Waals surface area (Å²) in [5, 5.41) is 11.6. The number of benzene rings is 3. The van der Waals surface area contributed by atoms with Crippen molar-refractivity contribution in [1.82, 2.24) is 14.8 Å². The Hall–Kier alpha value is -3.45. The molecule has 0 aliphatic carbocycles. The van der Waals surface area contributed by atoms with Gasteiger partial charge in [0, 0.05) is 5.69 Å². The second-order valence-corrected chi connectivity index (χ2v) is 8.28. The highest BCUT2D eigenvalue weighted by Gasteiger charge is 2.22. The molecule has 1 heterocycles. The van der Waals surface area contributed by atoms with E-state index in [1.807, 2.05) is 72.2 Å². The second-order valence-electron chi connectivity index (χ2n) is 6.97. The average Bonchev–Trinajstić information content (AvgIpc) is 3.17. The van der Waals surface area contributed by atoms with Crippen LogP contribution in [0.4, 0.5) is 10.1 Å². The van der Waals surface area contributed by atoms with Gasteiger partial charge in [-0.05, 0) is 36.8 Å². The number of carbonyl (C=O) groups is 1. The Bertz CT molecular complexity index is 1160. The predicted octanol–water partition coefficient (Wildman–Crippen LogP) is 5.25. The fraction of sp³-hybridized carbons (Fsp3) is 0.125. The fourth-order valence-electron chi connectivity index (χ4n) is 3.10. The maximum absolute atomic E-state index is 14.5. The number of thioether (sulfide) groups is 1. The molecule has 1 aromatic heterocycles. The normalized spacial score (nSPS) is 11.8.